The molecule has 5 nitrogen and oxygen atoms in total. The third kappa shape index (κ3) is 3.66. The van der Waals surface area contributed by atoms with Gasteiger partial charge in [0.1, 0.15) is 5.82 Å². The van der Waals surface area contributed by atoms with E-state index in [1.54, 1.807) is 6.07 Å². The van der Waals surface area contributed by atoms with Gasteiger partial charge < -0.3 is 0 Å². The van der Waals surface area contributed by atoms with Gasteiger partial charge in [0, 0.05) is 24.7 Å². The fraction of sp³-hybridized carbons (Fsp3) is 0.417. The molecule has 0 spiro atoms. The SMILES string of the molecule is Cn1nnnc1[C@H]1C[C@H]2CCCC[C@H]2[C@@H]1/C=C/c1ccc(-c2cccc(F)c2)cn1. The molecule has 4 atom stereocenters. The minimum atomic E-state index is -0.232. The van der Waals surface area contributed by atoms with Crippen molar-refractivity contribution in [2.24, 2.45) is 24.8 Å². The second kappa shape index (κ2) is 8.09. The van der Waals surface area contributed by atoms with Crippen molar-refractivity contribution in [3.8, 4) is 11.1 Å². The number of hydrogen-bond acceptors (Lipinski definition) is 4. The van der Waals surface area contributed by atoms with E-state index >= 15 is 0 Å². The summed E-state index contributed by atoms with van der Waals surface area (Å²) >= 11 is 0. The van der Waals surface area contributed by atoms with Crippen LogP contribution in [0.2, 0.25) is 0 Å². The number of halogens is 1. The van der Waals surface area contributed by atoms with Crippen LogP contribution in [0.15, 0.2) is 48.7 Å². The lowest BCUT2D eigenvalue weighted by atomic mass is 9.77. The average molecular weight is 404 g/mol. The Kier molecular flexibility index (Phi) is 5.15. The maximum atomic E-state index is 13.5. The molecule has 0 N–H and O–H groups in total. The number of allylic oxidation sites excluding steroid dienone is 1. The number of fused-ring (bicyclic) bond motifs is 1. The monoisotopic (exact) mass is 403 g/mol. The van der Waals surface area contributed by atoms with Crippen molar-refractivity contribution in [2.75, 3.05) is 0 Å². The van der Waals surface area contributed by atoms with Gasteiger partial charge in [-0.1, -0.05) is 43.5 Å². The van der Waals surface area contributed by atoms with Crippen molar-refractivity contribution in [2.45, 2.75) is 38.0 Å². The zero-order chi connectivity index (χ0) is 20.5. The third-order valence-electron chi connectivity index (χ3n) is 6.90. The maximum absolute atomic E-state index is 13.5. The molecular weight excluding hydrogens is 377 g/mol. The first-order chi connectivity index (χ1) is 14.7. The Morgan fingerprint density at radius 2 is 2.00 bits per heavy atom. The van der Waals surface area contributed by atoms with Crippen molar-refractivity contribution < 1.29 is 4.39 Å². The van der Waals surface area contributed by atoms with Crippen LogP contribution in [-0.2, 0) is 7.05 Å². The van der Waals surface area contributed by atoms with Crippen molar-refractivity contribution in [1.82, 2.24) is 25.2 Å². The molecule has 154 valence electrons. The number of aryl methyl sites for hydroxylation is 1. The molecule has 0 amide bonds. The van der Waals surface area contributed by atoms with Crippen LogP contribution >= 0.6 is 0 Å². The summed E-state index contributed by atoms with van der Waals surface area (Å²) in [5.41, 5.74) is 2.68. The molecule has 2 heterocycles. The molecule has 0 bridgehead atoms. The van der Waals surface area contributed by atoms with E-state index in [0.717, 1.165) is 28.6 Å². The highest BCUT2D eigenvalue weighted by Gasteiger charge is 2.45. The van der Waals surface area contributed by atoms with E-state index in [9.17, 15) is 4.39 Å². The first kappa shape index (κ1) is 19.1. The fourth-order valence-electron chi connectivity index (χ4n) is 5.47. The van der Waals surface area contributed by atoms with Crippen LogP contribution in [0.5, 0.6) is 0 Å². The van der Waals surface area contributed by atoms with Gasteiger partial charge in [-0.2, -0.15) is 0 Å². The lowest BCUT2D eigenvalue weighted by molar-refractivity contribution is 0.249. The summed E-state index contributed by atoms with van der Waals surface area (Å²) in [6.07, 6.45) is 12.7. The predicted octanol–water partition coefficient (Wildman–Crippen LogP) is 5.03. The molecule has 5 rings (SSSR count). The minimum Gasteiger partial charge on any atom is -0.256 e. The third-order valence-corrected chi connectivity index (χ3v) is 6.90. The predicted molar refractivity (Wildman–Crippen MR) is 114 cm³/mol. The number of tetrazole rings is 1. The summed E-state index contributed by atoms with van der Waals surface area (Å²) in [7, 11) is 1.94. The van der Waals surface area contributed by atoms with E-state index in [2.05, 4.69) is 32.7 Å². The number of benzene rings is 1. The van der Waals surface area contributed by atoms with E-state index in [1.807, 2.05) is 36.1 Å². The highest BCUT2D eigenvalue weighted by molar-refractivity contribution is 5.63. The molecule has 2 fully saturated rings. The molecule has 6 heteroatoms. The highest BCUT2D eigenvalue weighted by atomic mass is 19.1. The lowest BCUT2D eigenvalue weighted by Crippen LogP contribution is -2.19. The van der Waals surface area contributed by atoms with E-state index in [0.29, 0.717) is 17.8 Å². The Morgan fingerprint density at radius 1 is 1.10 bits per heavy atom. The second-order valence-electron chi connectivity index (χ2n) is 8.63. The zero-order valence-corrected chi connectivity index (χ0v) is 17.2. The molecule has 1 aromatic carbocycles. The van der Waals surface area contributed by atoms with Gasteiger partial charge in [-0.25, -0.2) is 9.07 Å². The number of hydrogen-bond donors (Lipinski definition) is 0. The van der Waals surface area contributed by atoms with Gasteiger partial charge in [0.05, 0.1) is 5.69 Å². The summed E-state index contributed by atoms with van der Waals surface area (Å²) in [5.74, 6) is 3.02. The van der Waals surface area contributed by atoms with Crippen LogP contribution in [0.3, 0.4) is 0 Å². The summed E-state index contributed by atoms with van der Waals surface area (Å²) < 4.78 is 15.3. The second-order valence-corrected chi connectivity index (χ2v) is 8.63. The van der Waals surface area contributed by atoms with Crippen LogP contribution in [0.1, 0.15) is 49.5 Å². The van der Waals surface area contributed by atoms with E-state index in [-0.39, 0.29) is 5.82 Å². The van der Waals surface area contributed by atoms with Crippen molar-refractivity contribution >= 4 is 6.08 Å². The molecule has 2 saturated carbocycles. The molecule has 0 radical (unpaired) electrons. The van der Waals surface area contributed by atoms with Crippen molar-refractivity contribution in [1.29, 1.82) is 0 Å². The summed E-state index contributed by atoms with van der Waals surface area (Å²) in [6.45, 7) is 0. The molecule has 0 aliphatic heterocycles. The van der Waals surface area contributed by atoms with Gasteiger partial charge in [-0.3, -0.25) is 4.98 Å². The van der Waals surface area contributed by atoms with Crippen molar-refractivity contribution in [3.05, 3.63) is 66.0 Å². The van der Waals surface area contributed by atoms with Crippen LogP contribution < -0.4 is 0 Å². The van der Waals surface area contributed by atoms with Crippen LogP contribution in [0.4, 0.5) is 4.39 Å². The molecule has 2 aromatic heterocycles. The minimum absolute atomic E-state index is 0.232. The van der Waals surface area contributed by atoms with Gasteiger partial charge in [-0.15, -0.1) is 5.10 Å². The molecule has 0 unspecified atom stereocenters. The average Bonchev–Trinajstić information content (AvgIpc) is 3.35. The Labute approximate surface area is 176 Å². The van der Waals surface area contributed by atoms with E-state index in [4.69, 9.17) is 0 Å². The summed E-state index contributed by atoms with van der Waals surface area (Å²) in [5, 5.41) is 12.3. The van der Waals surface area contributed by atoms with Crippen LogP contribution in [0, 0.1) is 23.6 Å². The highest BCUT2D eigenvalue weighted by Crippen LogP contribution is 2.53. The van der Waals surface area contributed by atoms with E-state index < -0.39 is 0 Å². The molecule has 2 aliphatic rings. The summed E-state index contributed by atoms with van der Waals surface area (Å²) in [4.78, 5) is 4.60. The Hall–Kier alpha value is -2.89. The van der Waals surface area contributed by atoms with Gasteiger partial charge in [-0.05, 0) is 70.9 Å². The molecule has 30 heavy (non-hydrogen) atoms. The van der Waals surface area contributed by atoms with Gasteiger partial charge in [0.2, 0.25) is 0 Å². The quantitative estimate of drug-likeness (QED) is 0.613. The van der Waals surface area contributed by atoms with E-state index in [1.165, 1.54) is 44.2 Å². The normalized spacial score (nSPS) is 26.2. The standard InChI is InChI=1S/C24H26FN5/c1-30-24(27-28-29-30)23-14-17-5-2-3-8-21(17)22(23)12-11-20-10-9-18(15-26-20)16-6-4-7-19(25)13-16/h4,6-7,9-13,15,17,21-23H,2-3,5,8,14H2,1H3/b12-11+/t17-,21-,22+,23+/m1/s1. The first-order valence-electron chi connectivity index (χ1n) is 10.8. The number of pyridine rings is 1. The van der Waals surface area contributed by atoms with Gasteiger partial charge in [0.25, 0.3) is 0 Å². The zero-order valence-electron chi connectivity index (χ0n) is 17.2. The van der Waals surface area contributed by atoms with Gasteiger partial charge >= 0.3 is 0 Å². The van der Waals surface area contributed by atoms with Crippen LogP contribution in [-0.4, -0.2) is 25.2 Å². The Balaban J connectivity index is 1.39. The number of rotatable bonds is 4. The molecule has 0 saturated heterocycles. The molecule has 2 aliphatic carbocycles. The molecular formula is C24H26FN5. The smallest absolute Gasteiger partial charge is 0.154 e. The maximum Gasteiger partial charge on any atom is 0.154 e. The van der Waals surface area contributed by atoms with Crippen molar-refractivity contribution in [3.63, 3.8) is 0 Å². The number of aromatic nitrogens is 5. The van der Waals surface area contributed by atoms with Gasteiger partial charge in [0.15, 0.2) is 5.82 Å². The summed E-state index contributed by atoms with van der Waals surface area (Å²) in [6, 6.07) is 10.6. The Bertz CT molecular complexity index is 1040. The first-order valence-corrected chi connectivity index (χ1v) is 10.8. The topological polar surface area (TPSA) is 56.5 Å². The largest absolute Gasteiger partial charge is 0.256 e. The molecule has 3 aromatic rings. The lowest BCUT2D eigenvalue weighted by Gasteiger charge is -2.28. The number of nitrogens with zero attached hydrogens (tertiary/aromatic N) is 5. The van der Waals surface area contributed by atoms with Crippen LogP contribution in [0.25, 0.3) is 17.2 Å². The fourth-order valence-corrected chi connectivity index (χ4v) is 5.47. The Morgan fingerprint density at radius 3 is 2.77 bits per heavy atom.